The third-order valence-corrected chi connectivity index (χ3v) is 3.65. The van der Waals surface area contributed by atoms with Crippen LogP contribution in [0.2, 0.25) is 0 Å². The van der Waals surface area contributed by atoms with E-state index in [1.54, 1.807) is 0 Å². The molecule has 0 radical (unpaired) electrons. The summed E-state index contributed by atoms with van der Waals surface area (Å²) in [6.45, 7) is 3.40. The van der Waals surface area contributed by atoms with Crippen molar-refractivity contribution < 1.29 is 19.4 Å². The van der Waals surface area contributed by atoms with E-state index >= 15 is 0 Å². The molecule has 6 nitrogen and oxygen atoms in total. The van der Waals surface area contributed by atoms with Crippen molar-refractivity contribution >= 4 is 12.0 Å². The lowest BCUT2D eigenvalue weighted by molar-refractivity contribution is -0.136. The second-order valence-electron chi connectivity index (χ2n) is 5.15. The molecule has 1 aliphatic rings. The molecule has 0 heterocycles. The Bertz CT molecular complexity index is 304. The Balaban J connectivity index is 2.15. The molecule has 0 bridgehead atoms. The van der Waals surface area contributed by atoms with Gasteiger partial charge in [-0.3, -0.25) is 4.79 Å². The highest BCUT2D eigenvalue weighted by atomic mass is 16.5. The first-order valence-electron chi connectivity index (χ1n) is 7.48. The molecule has 1 fully saturated rings. The standard InChI is InChI=1S/C14H26N2O4/c1-2-20-12(11-5-3-4-6-11)7-9-15-14(19)16-10-8-13(17)18/h11-12H,2-10H2,1H3,(H,17,18)(H2,15,16,19). The van der Waals surface area contributed by atoms with Crippen molar-refractivity contribution in [2.45, 2.75) is 51.6 Å². The predicted octanol–water partition coefficient (Wildman–Crippen LogP) is 1.75. The summed E-state index contributed by atoms with van der Waals surface area (Å²) in [7, 11) is 0. The normalized spacial score (nSPS) is 16.9. The Kier molecular flexibility index (Phi) is 8.02. The largest absolute Gasteiger partial charge is 0.481 e. The summed E-state index contributed by atoms with van der Waals surface area (Å²) in [4.78, 5) is 21.7. The monoisotopic (exact) mass is 286 g/mol. The Morgan fingerprint density at radius 2 is 1.90 bits per heavy atom. The minimum atomic E-state index is -0.914. The number of carbonyl (C=O) groups is 2. The number of carboxylic acid groups (broad SMARTS) is 1. The van der Waals surface area contributed by atoms with E-state index in [1.807, 2.05) is 6.92 Å². The van der Waals surface area contributed by atoms with Crippen LogP contribution in [0.5, 0.6) is 0 Å². The number of hydrogen-bond donors (Lipinski definition) is 3. The highest BCUT2D eigenvalue weighted by molar-refractivity contribution is 5.74. The van der Waals surface area contributed by atoms with Gasteiger partial charge in [0.05, 0.1) is 12.5 Å². The smallest absolute Gasteiger partial charge is 0.314 e. The number of ether oxygens (including phenoxy) is 1. The third kappa shape index (κ3) is 6.75. The molecule has 6 heteroatoms. The van der Waals surface area contributed by atoms with E-state index in [2.05, 4.69) is 10.6 Å². The van der Waals surface area contributed by atoms with Crippen LogP contribution in [0, 0.1) is 5.92 Å². The van der Waals surface area contributed by atoms with Gasteiger partial charge < -0.3 is 20.5 Å². The van der Waals surface area contributed by atoms with Gasteiger partial charge in [-0.2, -0.15) is 0 Å². The zero-order valence-corrected chi connectivity index (χ0v) is 12.2. The summed E-state index contributed by atoms with van der Waals surface area (Å²) < 4.78 is 5.77. The third-order valence-electron chi connectivity index (χ3n) is 3.65. The maximum Gasteiger partial charge on any atom is 0.314 e. The molecule has 116 valence electrons. The molecule has 0 aliphatic heterocycles. The van der Waals surface area contributed by atoms with Crippen LogP contribution in [-0.2, 0) is 9.53 Å². The molecule has 0 saturated heterocycles. The van der Waals surface area contributed by atoms with E-state index in [9.17, 15) is 9.59 Å². The topological polar surface area (TPSA) is 87.7 Å². The van der Waals surface area contributed by atoms with Crippen molar-refractivity contribution in [3.63, 3.8) is 0 Å². The van der Waals surface area contributed by atoms with E-state index in [4.69, 9.17) is 9.84 Å². The lowest BCUT2D eigenvalue weighted by atomic mass is 9.98. The molecule has 1 rings (SSSR count). The number of hydrogen-bond acceptors (Lipinski definition) is 3. The molecule has 20 heavy (non-hydrogen) atoms. The number of nitrogens with one attached hydrogen (secondary N) is 2. The van der Waals surface area contributed by atoms with Gasteiger partial charge in [-0.1, -0.05) is 12.8 Å². The molecule has 0 aromatic carbocycles. The second kappa shape index (κ2) is 9.58. The average Bonchev–Trinajstić information content (AvgIpc) is 2.91. The number of carbonyl (C=O) groups excluding carboxylic acids is 1. The summed E-state index contributed by atoms with van der Waals surface area (Å²) in [6.07, 6.45) is 5.96. The number of aliphatic carboxylic acids is 1. The highest BCUT2D eigenvalue weighted by Gasteiger charge is 2.25. The van der Waals surface area contributed by atoms with Crippen molar-refractivity contribution in [3.8, 4) is 0 Å². The number of amides is 2. The maximum absolute atomic E-state index is 11.4. The predicted molar refractivity (Wildman–Crippen MR) is 75.6 cm³/mol. The van der Waals surface area contributed by atoms with E-state index in [1.165, 1.54) is 25.7 Å². The van der Waals surface area contributed by atoms with Crippen molar-refractivity contribution in [2.24, 2.45) is 5.92 Å². The Hall–Kier alpha value is -1.30. The number of rotatable bonds is 9. The molecule has 3 N–H and O–H groups in total. The lowest BCUT2D eigenvalue weighted by Crippen LogP contribution is -2.38. The zero-order chi connectivity index (χ0) is 14.8. The van der Waals surface area contributed by atoms with Crippen LogP contribution in [0.15, 0.2) is 0 Å². The van der Waals surface area contributed by atoms with Crippen LogP contribution in [0.3, 0.4) is 0 Å². The van der Waals surface area contributed by atoms with Gasteiger partial charge >= 0.3 is 12.0 Å². The van der Waals surface area contributed by atoms with Crippen LogP contribution >= 0.6 is 0 Å². The average molecular weight is 286 g/mol. The van der Waals surface area contributed by atoms with Crippen LogP contribution in [0.4, 0.5) is 4.79 Å². The maximum atomic E-state index is 11.4. The first kappa shape index (κ1) is 16.8. The molecule has 0 aromatic rings. The first-order chi connectivity index (χ1) is 9.63. The SMILES string of the molecule is CCOC(CCNC(=O)NCCC(=O)O)C1CCCC1. The van der Waals surface area contributed by atoms with E-state index in [0.717, 1.165) is 6.42 Å². The van der Waals surface area contributed by atoms with Crippen molar-refractivity contribution in [1.29, 1.82) is 0 Å². The molecule has 0 spiro atoms. The Morgan fingerprint density at radius 3 is 2.50 bits per heavy atom. The molecular weight excluding hydrogens is 260 g/mol. The van der Waals surface area contributed by atoms with Crippen LogP contribution < -0.4 is 10.6 Å². The van der Waals surface area contributed by atoms with Crippen LogP contribution in [-0.4, -0.2) is 42.9 Å². The molecule has 0 aromatic heterocycles. The molecule has 1 aliphatic carbocycles. The fraction of sp³-hybridized carbons (Fsp3) is 0.857. The molecule has 1 atom stereocenters. The lowest BCUT2D eigenvalue weighted by Gasteiger charge is -2.23. The van der Waals surface area contributed by atoms with Gasteiger partial charge in [0.2, 0.25) is 0 Å². The Labute approximate surface area is 120 Å². The Morgan fingerprint density at radius 1 is 1.25 bits per heavy atom. The van der Waals surface area contributed by atoms with Crippen molar-refractivity contribution in [2.75, 3.05) is 19.7 Å². The summed E-state index contributed by atoms with van der Waals surface area (Å²) in [5, 5.41) is 13.7. The minimum Gasteiger partial charge on any atom is -0.481 e. The zero-order valence-electron chi connectivity index (χ0n) is 12.2. The first-order valence-corrected chi connectivity index (χ1v) is 7.48. The van der Waals surface area contributed by atoms with Gasteiger partial charge in [0.1, 0.15) is 0 Å². The van der Waals surface area contributed by atoms with Gasteiger partial charge in [0.15, 0.2) is 0 Å². The van der Waals surface area contributed by atoms with Crippen LogP contribution in [0.25, 0.3) is 0 Å². The van der Waals surface area contributed by atoms with E-state index < -0.39 is 5.97 Å². The molecule has 2 amide bonds. The molecule has 1 saturated carbocycles. The molecule has 1 unspecified atom stereocenters. The van der Waals surface area contributed by atoms with Gasteiger partial charge in [-0.15, -0.1) is 0 Å². The van der Waals surface area contributed by atoms with E-state index in [0.29, 0.717) is 19.1 Å². The molecular formula is C14H26N2O4. The summed E-state index contributed by atoms with van der Waals surface area (Å²) in [5.41, 5.74) is 0. The van der Waals surface area contributed by atoms with Crippen molar-refractivity contribution in [1.82, 2.24) is 10.6 Å². The van der Waals surface area contributed by atoms with Crippen LogP contribution in [0.1, 0.15) is 45.4 Å². The summed E-state index contributed by atoms with van der Waals surface area (Å²) in [6, 6.07) is -0.312. The van der Waals surface area contributed by atoms with Gasteiger partial charge in [-0.25, -0.2) is 4.79 Å². The van der Waals surface area contributed by atoms with E-state index in [-0.39, 0.29) is 25.1 Å². The number of carboxylic acids is 1. The fourth-order valence-corrected chi connectivity index (χ4v) is 2.67. The second-order valence-corrected chi connectivity index (χ2v) is 5.15. The quantitative estimate of drug-likeness (QED) is 0.602. The minimum absolute atomic E-state index is 0.0585. The summed E-state index contributed by atoms with van der Waals surface area (Å²) in [5.74, 6) is -0.297. The summed E-state index contributed by atoms with van der Waals surface area (Å²) >= 11 is 0. The van der Waals surface area contributed by atoms with Gasteiger partial charge in [-0.05, 0) is 32.1 Å². The fourth-order valence-electron chi connectivity index (χ4n) is 2.67. The highest BCUT2D eigenvalue weighted by Crippen LogP contribution is 2.30. The van der Waals surface area contributed by atoms with Gasteiger partial charge in [0, 0.05) is 19.7 Å². The van der Waals surface area contributed by atoms with Gasteiger partial charge in [0.25, 0.3) is 0 Å². The van der Waals surface area contributed by atoms with Crippen molar-refractivity contribution in [3.05, 3.63) is 0 Å². The number of urea groups is 1.